The number of ether oxygens (including phenoxy) is 5. The van der Waals surface area contributed by atoms with Gasteiger partial charge in [0, 0.05) is 7.11 Å². The number of nitrogens with zero attached hydrogens (tertiary/aromatic N) is 4. The summed E-state index contributed by atoms with van der Waals surface area (Å²) in [6.45, 7) is -0.528. The van der Waals surface area contributed by atoms with Gasteiger partial charge in [-0.2, -0.15) is 9.97 Å². The van der Waals surface area contributed by atoms with Crippen LogP contribution in [0, 0.1) is 23.2 Å². The summed E-state index contributed by atoms with van der Waals surface area (Å²) in [5.74, 6) is 2.65. The second-order valence-electron chi connectivity index (χ2n) is 13.5. The molecule has 0 aliphatic heterocycles. The van der Waals surface area contributed by atoms with Crippen LogP contribution in [-0.4, -0.2) is 69.5 Å². The quantitative estimate of drug-likeness (QED) is 0.195. The van der Waals surface area contributed by atoms with Gasteiger partial charge in [0.15, 0.2) is 17.6 Å². The molecule has 13 heteroatoms. The third-order valence-corrected chi connectivity index (χ3v) is 10.8. The molecule has 6 rings (SSSR count). The molecule has 2 aromatic heterocycles. The van der Waals surface area contributed by atoms with Gasteiger partial charge < -0.3 is 34.0 Å². The average molecular weight is 644 g/mol. The number of rotatable bonds is 9. The molecule has 4 fully saturated rings. The number of halogens is 1. The SMILES string of the molecule is C#CC(COC(=O)OC1CC2(CCCCC2)C1)(OC)[C@H](Cn1cnc2c(N)nc(Cl)nc21)OC(=O)OC1CC2(CCCCC2)C1. The molecule has 2 aromatic rings. The molecule has 0 radical (unpaired) electrons. The van der Waals surface area contributed by atoms with E-state index in [-0.39, 0.29) is 40.7 Å². The number of terminal acetylenes is 1. The van der Waals surface area contributed by atoms with Crippen molar-refractivity contribution in [1.82, 2.24) is 19.5 Å². The summed E-state index contributed by atoms with van der Waals surface area (Å²) in [5.41, 5.74) is 5.46. The molecule has 4 aliphatic rings. The van der Waals surface area contributed by atoms with Crippen LogP contribution in [0.2, 0.25) is 5.28 Å². The van der Waals surface area contributed by atoms with Crippen molar-refractivity contribution in [2.45, 2.75) is 120 Å². The molecule has 0 aromatic carbocycles. The summed E-state index contributed by atoms with van der Waals surface area (Å²) >= 11 is 6.07. The number of aromatic nitrogens is 4. The van der Waals surface area contributed by atoms with E-state index >= 15 is 0 Å². The zero-order valence-corrected chi connectivity index (χ0v) is 26.6. The average Bonchev–Trinajstić information content (AvgIpc) is 3.40. The molecule has 2 heterocycles. The van der Waals surface area contributed by atoms with E-state index in [4.69, 9.17) is 47.4 Å². The normalized spacial score (nSPS) is 24.1. The fourth-order valence-electron chi connectivity index (χ4n) is 8.02. The summed E-state index contributed by atoms with van der Waals surface area (Å²) in [6, 6.07) is 0. The van der Waals surface area contributed by atoms with Crippen molar-refractivity contribution in [1.29, 1.82) is 0 Å². The number of nitrogens with two attached hydrogens (primary N) is 1. The third kappa shape index (κ3) is 6.66. The van der Waals surface area contributed by atoms with E-state index in [1.807, 2.05) is 0 Å². The van der Waals surface area contributed by atoms with Gasteiger partial charge in [-0.25, -0.2) is 14.6 Å². The standard InChI is InChI=1S/C32H42ClN5O7/c1-3-32(41-2,19-42-28(39)43-21-14-30(15-21)10-6-4-7-11-30)23(18-38-20-35-24-25(34)36-27(33)37-26(24)38)45-29(40)44-22-16-31(17-22)12-8-5-9-13-31/h1,20-23H,4-19H2,2H3,(H2,34,36,37)/t23-,32?/m0/s1. The van der Waals surface area contributed by atoms with Crippen LogP contribution in [0.4, 0.5) is 15.4 Å². The summed E-state index contributed by atoms with van der Waals surface area (Å²) in [5, 5.41) is -0.0766. The number of methoxy groups -OCH3 is 1. The number of fused-ring (bicyclic) bond motifs is 1. The van der Waals surface area contributed by atoms with Crippen LogP contribution in [0.15, 0.2) is 6.33 Å². The Morgan fingerprint density at radius 2 is 1.60 bits per heavy atom. The monoisotopic (exact) mass is 643 g/mol. The molecule has 2 atom stereocenters. The Bertz CT molecular complexity index is 1430. The second-order valence-corrected chi connectivity index (χ2v) is 13.8. The molecule has 0 bridgehead atoms. The minimum absolute atomic E-state index is 0.0766. The molecule has 4 aliphatic carbocycles. The maximum absolute atomic E-state index is 13.2. The summed E-state index contributed by atoms with van der Waals surface area (Å²) in [7, 11) is 1.36. The van der Waals surface area contributed by atoms with Crippen molar-refractivity contribution >= 4 is 40.9 Å². The molecule has 244 valence electrons. The van der Waals surface area contributed by atoms with E-state index in [1.54, 1.807) is 4.57 Å². The zero-order valence-electron chi connectivity index (χ0n) is 25.8. The van der Waals surface area contributed by atoms with E-state index < -0.39 is 30.6 Å². The lowest BCUT2D eigenvalue weighted by atomic mass is 9.59. The highest BCUT2D eigenvalue weighted by Crippen LogP contribution is 2.53. The van der Waals surface area contributed by atoms with Crippen LogP contribution >= 0.6 is 11.6 Å². The van der Waals surface area contributed by atoms with Crippen LogP contribution in [0.1, 0.15) is 89.9 Å². The van der Waals surface area contributed by atoms with Crippen molar-refractivity contribution in [3.63, 3.8) is 0 Å². The number of nitrogen functional groups attached to an aromatic ring is 1. The Kier molecular flexibility index (Phi) is 9.03. The Balaban J connectivity index is 1.14. The van der Waals surface area contributed by atoms with Crippen molar-refractivity contribution in [2.24, 2.45) is 10.8 Å². The van der Waals surface area contributed by atoms with Gasteiger partial charge in [-0.05, 0) is 73.8 Å². The van der Waals surface area contributed by atoms with Crippen molar-refractivity contribution in [2.75, 3.05) is 19.5 Å². The molecular formula is C32H42ClN5O7. The van der Waals surface area contributed by atoms with Gasteiger partial charge >= 0.3 is 12.3 Å². The van der Waals surface area contributed by atoms with E-state index in [1.165, 1.54) is 64.8 Å². The number of hydrogen-bond donors (Lipinski definition) is 1. The molecule has 2 N–H and O–H groups in total. The van der Waals surface area contributed by atoms with Crippen molar-refractivity contribution in [3.8, 4) is 12.3 Å². The van der Waals surface area contributed by atoms with E-state index in [0.717, 1.165) is 38.5 Å². The van der Waals surface area contributed by atoms with Gasteiger partial charge in [-0.1, -0.05) is 44.4 Å². The number of hydrogen-bond acceptors (Lipinski definition) is 11. The Morgan fingerprint density at radius 1 is 1.02 bits per heavy atom. The molecule has 1 unspecified atom stereocenters. The van der Waals surface area contributed by atoms with Gasteiger partial charge in [-0.15, -0.1) is 6.42 Å². The summed E-state index contributed by atoms with van der Waals surface area (Å²) < 4.78 is 30.0. The van der Waals surface area contributed by atoms with Crippen LogP contribution in [0.3, 0.4) is 0 Å². The molecule has 4 saturated carbocycles. The Morgan fingerprint density at radius 3 is 2.16 bits per heavy atom. The highest BCUT2D eigenvalue weighted by molar-refractivity contribution is 6.28. The summed E-state index contributed by atoms with van der Waals surface area (Å²) in [6.07, 6.45) is 19.4. The number of carbonyl (C=O) groups excluding carboxylic acids is 2. The minimum Gasteiger partial charge on any atom is -0.431 e. The molecule has 0 amide bonds. The zero-order chi connectivity index (χ0) is 31.7. The largest absolute Gasteiger partial charge is 0.509 e. The van der Waals surface area contributed by atoms with Crippen LogP contribution in [0.5, 0.6) is 0 Å². The Hall–Kier alpha value is -3.30. The molecule has 45 heavy (non-hydrogen) atoms. The number of carbonyl (C=O) groups is 2. The highest BCUT2D eigenvalue weighted by atomic mass is 35.5. The predicted molar refractivity (Wildman–Crippen MR) is 164 cm³/mol. The smallest absolute Gasteiger partial charge is 0.431 e. The maximum atomic E-state index is 13.2. The first kappa shape index (κ1) is 31.7. The van der Waals surface area contributed by atoms with Crippen LogP contribution in [0.25, 0.3) is 11.2 Å². The lowest BCUT2D eigenvalue weighted by Crippen LogP contribution is -2.52. The first-order valence-corrected chi connectivity index (χ1v) is 16.4. The molecular weight excluding hydrogens is 602 g/mol. The maximum Gasteiger partial charge on any atom is 0.509 e. The van der Waals surface area contributed by atoms with Crippen molar-refractivity contribution < 1.29 is 33.3 Å². The minimum atomic E-state index is -1.70. The van der Waals surface area contributed by atoms with Gasteiger partial charge in [-0.3, -0.25) is 0 Å². The lowest BCUT2D eigenvalue weighted by Gasteiger charge is -2.49. The van der Waals surface area contributed by atoms with Gasteiger partial charge in [0.2, 0.25) is 10.9 Å². The molecule has 0 saturated heterocycles. The highest BCUT2D eigenvalue weighted by Gasteiger charge is 2.49. The van der Waals surface area contributed by atoms with Crippen molar-refractivity contribution in [3.05, 3.63) is 11.6 Å². The van der Waals surface area contributed by atoms with Gasteiger partial charge in [0.25, 0.3) is 0 Å². The topological polar surface area (TPSA) is 150 Å². The third-order valence-electron chi connectivity index (χ3n) is 10.6. The van der Waals surface area contributed by atoms with E-state index in [2.05, 4.69) is 20.9 Å². The lowest BCUT2D eigenvalue weighted by molar-refractivity contribution is -0.138. The first-order chi connectivity index (χ1) is 21.7. The fraction of sp³-hybridized carbons (Fsp3) is 0.719. The second kappa shape index (κ2) is 12.8. The van der Waals surface area contributed by atoms with Gasteiger partial charge in [0.05, 0.1) is 12.9 Å². The molecule has 2 spiro atoms. The predicted octanol–water partition coefficient (Wildman–Crippen LogP) is 5.98. The number of imidazole rings is 1. The van der Waals surface area contributed by atoms with E-state index in [9.17, 15) is 9.59 Å². The Labute approximate surface area is 268 Å². The van der Waals surface area contributed by atoms with Crippen LogP contribution < -0.4 is 5.73 Å². The fourth-order valence-corrected chi connectivity index (χ4v) is 8.19. The number of anilines is 1. The van der Waals surface area contributed by atoms with Gasteiger partial charge in [0.1, 0.15) is 24.3 Å². The van der Waals surface area contributed by atoms with Crippen LogP contribution in [-0.2, 0) is 30.2 Å². The molecule has 12 nitrogen and oxygen atoms in total. The summed E-state index contributed by atoms with van der Waals surface area (Å²) in [4.78, 5) is 38.5. The van der Waals surface area contributed by atoms with E-state index in [0.29, 0.717) is 11.2 Å². The first-order valence-electron chi connectivity index (χ1n) is 16.0.